The Kier molecular flexibility index (Phi) is 5.08. The maximum Gasteiger partial charge on any atom is 0.200 e. The van der Waals surface area contributed by atoms with Crippen LogP contribution in [-0.2, 0) is 12.3 Å². The normalized spacial score (nSPS) is 11.1. The van der Waals surface area contributed by atoms with E-state index in [9.17, 15) is 4.39 Å². The van der Waals surface area contributed by atoms with E-state index in [0.717, 1.165) is 0 Å². The molecule has 0 fully saturated rings. The highest BCUT2D eigenvalue weighted by molar-refractivity contribution is 9.10. The number of aromatic nitrogens is 3. The van der Waals surface area contributed by atoms with Crippen LogP contribution in [0.15, 0.2) is 44.6 Å². The molecule has 0 spiro atoms. The van der Waals surface area contributed by atoms with Gasteiger partial charge < -0.3 is 4.42 Å². The highest BCUT2D eigenvalue weighted by atomic mass is 79.9. The summed E-state index contributed by atoms with van der Waals surface area (Å²) in [4.78, 5) is 0. The van der Waals surface area contributed by atoms with Crippen molar-refractivity contribution in [3.8, 4) is 11.6 Å². The third-order valence-corrected chi connectivity index (χ3v) is 5.01. The third-order valence-electron chi connectivity index (χ3n) is 3.23. The molecular weight excluding hydrogens is 405 g/mol. The van der Waals surface area contributed by atoms with Crippen LogP contribution >= 0.6 is 39.3 Å². The SMILES string of the molecule is CCn1c(SCc2c(F)cccc2Cl)nnc1-c1ccc(Br)o1. The number of rotatable bonds is 5. The maximum absolute atomic E-state index is 13.8. The van der Waals surface area contributed by atoms with Gasteiger partial charge in [-0.2, -0.15) is 0 Å². The predicted molar refractivity (Wildman–Crippen MR) is 92.1 cm³/mol. The zero-order valence-electron chi connectivity index (χ0n) is 12.1. The van der Waals surface area contributed by atoms with Crippen LogP contribution in [0.1, 0.15) is 12.5 Å². The van der Waals surface area contributed by atoms with Crippen molar-refractivity contribution < 1.29 is 8.81 Å². The van der Waals surface area contributed by atoms with Crippen LogP contribution in [-0.4, -0.2) is 14.8 Å². The Morgan fingerprint density at radius 3 is 2.78 bits per heavy atom. The van der Waals surface area contributed by atoms with Crippen molar-refractivity contribution in [3.05, 3.63) is 51.4 Å². The summed E-state index contributed by atoms with van der Waals surface area (Å²) in [6.45, 7) is 2.67. The van der Waals surface area contributed by atoms with Gasteiger partial charge in [-0.15, -0.1) is 10.2 Å². The summed E-state index contributed by atoms with van der Waals surface area (Å²) >= 11 is 10.7. The topological polar surface area (TPSA) is 43.9 Å². The number of thioether (sulfide) groups is 1. The minimum absolute atomic E-state index is 0.317. The van der Waals surface area contributed by atoms with Gasteiger partial charge in [0.05, 0.1) is 0 Å². The average molecular weight is 417 g/mol. The van der Waals surface area contributed by atoms with E-state index in [1.165, 1.54) is 17.8 Å². The van der Waals surface area contributed by atoms with Gasteiger partial charge in [0.2, 0.25) is 5.82 Å². The van der Waals surface area contributed by atoms with Crippen molar-refractivity contribution >= 4 is 39.3 Å². The van der Waals surface area contributed by atoms with Gasteiger partial charge in [-0.05, 0) is 47.1 Å². The second-order valence-corrected chi connectivity index (χ2v) is 6.77. The molecule has 120 valence electrons. The number of hydrogen-bond acceptors (Lipinski definition) is 4. The molecule has 0 bridgehead atoms. The standard InChI is InChI=1S/C15H12BrClFN3OS/c1-2-21-14(12-6-7-13(16)22-12)19-20-15(21)23-8-9-10(17)4-3-5-11(9)18/h3-7H,2,8H2,1H3. The summed E-state index contributed by atoms with van der Waals surface area (Å²) in [6.07, 6.45) is 0. The van der Waals surface area contributed by atoms with Crippen molar-refractivity contribution in [1.82, 2.24) is 14.8 Å². The molecule has 0 aliphatic carbocycles. The lowest BCUT2D eigenvalue weighted by molar-refractivity contribution is 0.543. The minimum Gasteiger partial charge on any atom is -0.446 e. The average Bonchev–Trinajstić information content (AvgIpc) is 3.12. The molecule has 0 radical (unpaired) electrons. The first-order chi connectivity index (χ1) is 11.1. The fraction of sp³-hybridized carbons (Fsp3) is 0.200. The van der Waals surface area contributed by atoms with Crippen molar-refractivity contribution in [1.29, 1.82) is 0 Å². The second-order valence-electron chi connectivity index (χ2n) is 4.64. The Morgan fingerprint density at radius 2 is 2.13 bits per heavy atom. The quantitative estimate of drug-likeness (QED) is 0.522. The van der Waals surface area contributed by atoms with E-state index >= 15 is 0 Å². The summed E-state index contributed by atoms with van der Waals surface area (Å²) in [5, 5.41) is 9.46. The smallest absolute Gasteiger partial charge is 0.200 e. The van der Waals surface area contributed by atoms with E-state index in [-0.39, 0.29) is 5.82 Å². The van der Waals surface area contributed by atoms with Crippen LogP contribution in [0.5, 0.6) is 0 Å². The van der Waals surface area contributed by atoms with Crippen LogP contribution in [0.3, 0.4) is 0 Å². The molecule has 3 aromatic rings. The number of hydrogen-bond donors (Lipinski definition) is 0. The molecule has 0 aliphatic rings. The summed E-state index contributed by atoms with van der Waals surface area (Å²) < 4.78 is 21.9. The Morgan fingerprint density at radius 1 is 1.30 bits per heavy atom. The van der Waals surface area contributed by atoms with Gasteiger partial charge >= 0.3 is 0 Å². The van der Waals surface area contributed by atoms with E-state index in [0.29, 0.717) is 44.3 Å². The Labute approximate surface area is 150 Å². The number of furan rings is 1. The molecule has 2 heterocycles. The van der Waals surface area contributed by atoms with Gasteiger partial charge in [-0.3, -0.25) is 4.57 Å². The molecule has 23 heavy (non-hydrogen) atoms. The molecule has 2 aromatic heterocycles. The molecule has 3 rings (SSSR count). The molecule has 8 heteroatoms. The molecule has 1 aromatic carbocycles. The molecule has 0 atom stereocenters. The molecule has 0 saturated carbocycles. The molecule has 0 saturated heterocycles. The lowest BCUT2D eigenvalue weighted by Gasteiger charge is -2.07. The number of nitrogens with zero attached hydrogens (tertiary/aromatic N) is 3. The largest absolute Gasteiger partial charge is 0.446 e. The fourth-order valence-electron chi connectivity index (χ4n) is 2.10. The highest BCUT2D eigenvalue weighted by Gasteiger charge is 2.17. The van der Waals surface area contributed by atoms with Gasteiger partial charge in [0.15, 0.2) is 15.6 Å². The summed E-state index contributed by atoms with van der Waals surface area (Å²) in [6, 6.07) is 8.29. The van der Waals surface area contributed by atoms with E-state index < -0.39 is 0 Å². The van der Waals surface area contributed by atoms with Crippen molar-refractivity contribution in [2.75, 3.05) is 0 Å². The number of benzene rings is 1. The highest BCUT2D eigenvalue weighted by Crippen LogP contribution is 2.31. The second kappa shape index (κ2) is 7.07. The summed E-state index contributed by atoms with van der Waals surface area (Å²) in [5.41, 5.74) is 0.465. The Hall–Kier alpha value is -1.31. The van der Waals surface area contributed by atoms with Crippen molar-refractivity contribution in [2.24, 2.45) is 0 Å². The fourth-order valence-corrected chi connectivity index (χ4v) is 3.76. The van der Waals surface area contributed by atoms with Gasteiger partial charge in [0, 0.05) is 22.9 Å². The first kappa shape index (κ1) is 16.5. The Bertz CT molecular complexity index is 816. The lowest BCUT2D eigenvalue weighted by atomic mass is 10.2. The first-order valence-electron chi connectivity index (χ1n) is 6.84. The predicted octanol–water partition coefficient (Wildman–Crippen LogP) is 5.41. The molecule has 0 amide bonds. The van der Waals surface area contributed by atoms with Gasteiger partial charge in [0.25, 0.3) is 0 Å². The third kappa shape index (κ3) is 3.46. The van der Waals surface area contributed by atoms with Crippen LogP contribution in [0.25, 0.3) is 11.6 Å². The van der Waals surface area contributed by atoms with E-state index in [1.807, 2.05) is 17.6 Å². The molecule has 0 unspecified atom stereocenters. The van der Waals surface area contributed by atoms with Crippen molar-refractivity contribution in [3.63, 3.8) is 0 Å². The van der Waals surface area contributed by atoms with Crippen LogP contribution < -0.4 is 0 Å². The van der Waals surface area contributed by atoms with Gasteiger partial charge in [-0.25, -0.2) is 4.39 Å². The summed E-state index contributed by atoms with van der Waals surface area (Å²) in [5.74, 6) is 1.33. The zero-order chi connectivity index (χ0) is 16.4. The van der Waals surface area contributed by atoms with Crippen molar-refractivity contribution in [2.45, 2.75) is 24.4 Å². The molecule has 4 nitrogen and oxygen atoms in total. The maximum atomic E-state index is 13.8. The van der Waals surface area contributed by atoms with Crippen LogP contribution in [0.4, 0.5) is 4.39 Å². The lowest BCUT2D eigenvalue weighted by Crippen LogP contribution is -1.99. The van der Waals surface area contributed by atoms with Gasteiger partial charge in [0.1, 0.15) is 5.82 Å². The van der Waals surface area contributed by atoms with E-state index in [1.54, 1.807) is 18.2 Å². The van der Waals surface area contributed by atoms with Gasteiger partial charge in [-0.1, -0.05) is 29.4 Å². The number of halogens is 3. The van der Waals surface area contributed by atoms with E-state index in [4.69, 9.17) is 16.0 Å². The molecular formula is C15H12BrClFN3OS. The van der Waals surface area contributed by atoms with Crippen LogP contribution in [0.2, 0.25) is 5.02 Å². The monoisotopic (exact) mass is 415 g/mol. The summed E-state index contributed by atoms with van der Waals surface area (Å²) in [7, 11) is 0. The minimum atomic E-state index is -0.317. The zero-order valence-corrected chi connectivity index (χ0v) is 15.3. The van der Waals surface area contributed by atoms with E-state index in [2.05, 4.69) is 26.1 Å². The Balaban J connectivity index is 1.85. The molecule has 0 aliphatic heterocycles. The first-order valence-corrected chi connectivity index (χ1v) is 9.00. The molecule has 0 N–H and O–H groups in total. The van der Waals surface area contributed by atoms with Crippen LogP contribution in [0, 0.1) is 5.82 Å².